The van der Waals surface area contributed by atoms with E-state index in [0.717, 1.165) is 18.5 Å². The Labute approximate surface area is 130 Å². The van der Waals surface area contributed by atoms with E-state index in [2.05, 4.69) is 10.2 Å². The molecule has 0 aliphatic carbocycles. The van der Waals surface area contributed by atoms with E-state index in [1.54, 1.807) is 11.4 Å². The third-order valence-electron chi connectivity index (χ3n) is 4.23. The molecule has 7 nitrogen and oxygen atoms in total. The summed E-state index contributed by atoms with van der Waals surface area (Å²) in [6.07, 6.45) is 3.47. The minimum Gasteiger partial charge on any atom is -0.285 e. The van der Waals surface area contributed by atoms with E-state index in [0.29, 0.717) is 12.4 Å². The number of hydrogen-bond acceptors (Lipinski definition) is 4. The molecule has 120 valence electrons. The van der Waals surface area contributed by atoms with E-state index in [1.165, 1.54) is 4.31 Å². The minimum absolute atomic E-state index is 0.0820. The van der Waals surface area contributed by atoms with Crippen LogP contribution in [0.25, 0.3) is 5.65 Å². The van der Waals surface area contributed by atoms with Crippen molar-refractivity contribution in [2.24, 2.45) is 0 Å². The Hall–Kier alpha value is -1.51. The highest BCUT2D eigenvalue weighted by Crippen LogP contribution is 2.34. The number of nitrogens with zero attached hydrogens (tertiary/aromatic N) is 5. The standard InChI is InChI=1S/C14H21N5O2S/c1-11(2)17(3)22(20,21)19-10-6-7-12(19)14-16-15-13-8-4-5-9-18(13)14/h4-5,8-9,11-12H,6-7,10H2,1-3H3/t12-/m0/s1. The highest BCUT2D eigenvalue weighted by atomic mass is 32.2. The van der Waals surface area contributed by atoms with Gasteiger partial charge in [-0.25, -0.2) is 0 Å². The van der Waals surface area contributed by atoms with Gasteiger partial charge in [-0.3, -0.25) is 4.40 Å². The maximum atomic E-state index is 12.8. The van der Waals surface area contributed by atoms with E-state index in [-0.39, 0.29) is 12.1 Å². The number of pyridine rings is 1. The SMILES string of the molecule is CC(C)N(C)S(=O)(=O)N1CCC[C@H]1c1nnc2ccccn12. The van der Waals surface area contributed by atoms with Gasteiger partial charge < -0.3 is 0 Å². The van der Waals surface area contributed by atoms with Crippen LogP contribution in [0.15, 0.2) is 24.4 Å². The van der Waals surface area contributed by atoms with Gasteiger partial charge in [0, 0.05) is 25.8 Å². The average molecular weight is 323 g/mol. The van der Waals surface area contributed by atoms with Crippen molar-refractivity contribution in [1.29, 1.82) is 0 Å². The Bertz CT molecular complexity index is 770. The Morgan fingerprint density at radius 1 is 1.32 bits per heavy atom. The minimum atomic E-state index is -3.50. The average Bonchev–Trinajstić information content (AvgIpc) is 3.12. The predicted molar refractivity (Wildman–Crippen MR) is 83.5 cm³/mol. The van der Waals surface area contributed by atoms with Crippen molar-refractivity contribution in [3.8, 4) is 0 Å². The fourth-order valence-corrected chi connectivity index (χ4v) is 4.54. The highest BCUT2D eigenvalue weighted by molar-refractivity contribution is 7.86. The van der Waals surface area contributed by atoms with E-state index < -0.39 is 10.2 Å². The van der Waals surface area contributed by atoms with Crippen LogP contribution < -0.4 is 0 Å². The van der Waals surface area contributed by atoms with Crippen molar-refractivity contribution >= 4 is 15.9 Å². The summed E-state index contributed by atoms with van der Waals surface area (Å²) in [6.45, 7) is 4.26. The van der Waals surface area contributed by atoms with Gasteiger partial charge in [0.1, 0.15) is 0 Å². The zero-order valence-electron chi connectivity index (χ0n) is 13.0. The highest BCUT2D eigenvalue weighted by Gasteiger charge is 2.40. The van der Waals surface area contributed by atoms with Gasteiger partial charge >= 0.3 is 0 Å². The molecule has 1 fully saturated rings. The van der Waals surface area contributed by atoms with Crippen LogP contribution in [0.2, 0.25) is 0 Å². The summed E-state index contributed by atoms with van der Waals surface area (Å²) in [7, 11) is -1.87. The Morgan fingerprint density at radius 3 is 2.82 bits per heavy atom. The van der Waals surface area contributed by atoms with Crippen LogP contribution in [0, 0.1) is 0 Å². The maximum Gasteiger partial charge on any atom is 0.282 e. The molecule has 0 N–H and O–H groups in total. The molecule has 1 saturated heterocycles. The third kappa shape index (κ3) is 2.41. The summed E-state index contributed by atoms with van der Waals surface area (Å²) < 4.78 is 30.5. The second-order valence-corrected chi connectivity index (χ2v) is 7.81. The van der Waals surface area contributed by atoms with E-state index in [4.69, 9.17) is 0 Å². The van der Waals surface area contributed by atoms with E-state index in [9.17, 15) is 8.42 Å². The summed E-state index contributed by atoms with van der Waals surface area (Å²) >= 11 is 0. The quantitative estimate of drug-likeness (QED) is 0.854. The molecule has 3 heterocycles. The van der Waals surface area contributed by atoms with Gasteiger partial charge in [-0.1, -0.05) is 6.07 Å². The molecule has 0 radical (unpaired) electrons. The first kappa shape index (κ1) is 15.4. The van der Waals surface area contributed by atoms with Crippen LogP contribution >= 0.6 is 0 Å². The normalized spacial score (nSPS) is 20.5. The molecule has 1 atom stereocenters. The largest absolute Gasteiger partial charge is 0.285 e. The maximum absolute atomic E-state index is 12.8. The first-order valence-electron chi connectivity index (χ1n) is 7.47. The van der Waals surface area contributed by atoms with E-state index >= 15 is 0 Å². The fourth-order valence-electron chi connectivity index (χ4n) is 2.79. The Balaban J connectivity index is 2.00. The molecule has 22 heavy (non-hydrogen) atoms. The molecule has 0 bridgehead atoms. The molecule has 0 spiro atoms. The van der Waals surface area contributed by atoms with Crippen molar-refractivity contribution in [3.63, 3.8) is 0 Å². The fraction of sp³-hybridized carbons (Fsp3) is 0.571. The lowest BCUT2D eigenvalue weighted by atomic mass is 10.2. The molecular formula is C14H21N5O2S. The molecule has 3 rings (SSSR count). The number of rotatable bonds is 4. The predicted octanol–water partition coefficient (Wildman–Crippen LogP) is 1.45. The number of aromatic nitrogens is 3. The lowest BCUT2D eigenvalue weighted by molar-refractivity contribution is 0.319. The van der Waals surface area contributed by atoms with Crippen molar-refractivity contribution in [2.45, 2.75) is 38.8 Å². The van der Waals surface area contributed by atoms with Crippen LogP contribution in [-0.4, -0.2) is 51.3 Å². The molecule has 0 amide bonds. The second kappa shape index (κ2) is 5.60. The summed E-state index contributed by atoms with van der Waals surface area (Å²) in [5.74, 6) is 0.689. The molecule has 2 aromatic heterocycles. The monoisotopic (exact) mass is 323 g/mol. The van der Waals surface area contributed by atoms with Gasteiger partial charge in [0.25, 0.3) is 10.2 Å². The van der Waals surface area contributed by atoms with Crippen molar-refractivity contribution in [3.05, 3.63) is 30.2 Å². The number of hydrogen-bond donors (Lipinski definition) is 0. The molecule has 1 aliphatic heterocycles. The van der Waals surface area contributed by atoms with Gasteiger partial charge in [-0.15, -0.1) is 10.2 Å². The molecule has 1 aliphatic rings. The summed E-state index contributed by atoms with van der Waals surface area (Å²) in [5, 5.41) is 8.37. The third-order valence-corrected chi connectivity index (χ3v) is 6.41. The van der Waals surface area contributed by atoms with Crippen molar-refractivity contribution in [1.82, 2.24) is 23.2 Å². The molecule has 8 heteroatoms. The van der Waals surface area contributed by atoms with Crippen molar-refractivity contribution < 1.29 is 8.42 Å². The van der Waals surface area contributed by atoms with Crippen molar-refractivity contribution in [2.75, 3.05) is 13.6 Å². The first-order chi connectivity index (χ1) is 10.4. The Morgan fingerprint density at radius 2 is 2.09 bits per heavy atom. The lowest BCUT2D eigenvalue weighted by Gasteiger charge is -2.30. The van der Waals surface area contributed by atoms with Crippen LogP contribution in [0.5, 0.6) is 0 Å². The van der Waals surface area contributed by atoms with Crippen LogP contribution in [0.4, 0.5) is 0 Å². The van der Waals surface area contributed by atoms with Gasteiger partial charge in [0.05, 0.1) is 6.04 Å². The second-order valence-electron chi connectivity index (χ2n) is 5.87. The zero-order chi connectivity index (χ0) is 15.9. The summed E-state index contributed by atoms with van der Waals surface area (Å²) in [4.78, 5) is 0. The van der Waals surface area contributed by atoms with Gasteiger partial charge in [-0.05, 0) is 38.8 Å². The van der Waals surface area contributed by atoms with Crippen LogP contribution in [0.3, 0.4) is 0 Å². The van der Waals surface area contributed by atoms with Gasteiger partial charge in [0.15, 0.2) is 11.5 Å². The van der Waals surface area contributed by atoms with Gasteiger partial charge in [0.2, 0.25) is 0 Å². The van der Waals surface area contributed by atoms with E-state index in [1.807, 2.05) is 42.6 Å². The molecule has 2 aromatic rings. The molecule has 0 aromatic carbocycles. The van der Waals surface area contributed by atoms with Gasteiger partial charge in [-0.2, -0.15) is 17.0 Å². The first-order valence-corrected chi connectivity index (χ1v) is 8.87. The molecule has 0 saturated carbocycles. The Kier molecular flexibility index (Phi) is 3.92. The molecular weight excluding hydrogens is 302 g/mol. The lowest BCUT2D eigenvalue weighted by Crippen LogP contribution is -2.44. The summed E-state index contributed by atoms with van der Waals surface area (Å²) in [5.41, 5.74) is 0.735. The topological polar surface area (TPSA) is 70.8 Å². The molecule has 0 unspecified atom stereocenters. The summed E-state index contributed by atoms with van der Waals surface area (Å²) in [6, 6.07) is 5.31. The zero-order valence-corrected chi connectivity index (χ0v) is 13.9. The van der Waals surface area contributed by atoms with Crippen LogP contribution in [0.1, 0.15) is 38.6 Å². The van der Waals surface area contributed by atoms with Crippen LogP contribution in [-0.2, 0) is 10.2 Å². The smallest absolute Gasteiger partial charge is 0.282 e. The number of fused-ring (bicyclic) bond motifs is 1.